The summed E-state index contributed by atoms with van der Waals surface area (Å²) in [6.45, 7) is 3.91. The van der Waals surface area contributed by atoms with Gasteiger partial charge in [-0.15, -0.1) is 0 Å². The van der Waals surface area contributed by atoms with E-state index in [1.807, 2.05) is 10.9 Å². The summed E-state index contributed by atoms with van der Waals surface area (Å²) in [5, 5.41) is 15.7. The summed E-state index contributed by atoms with van der Waals surface area (Å²) in [6, 6.07) is 11.1. The molecule has 0 unspecified atom stereocenters. The molecule has 2 aromatic heterocycles. The van der Waals surface area contributed by atoms with E-state index in [-0.39, 0.29) is 5.41 Å². The average molecular weight is 441 g/mol. The predicted molar refractivity (Wildman–Crippen MR) is 124 cm³/mol. The molecule has 1 spiro atoms. The zero-order chi connectivity index (χ0) is 22.0. The lowest BCUT2D eigenvalue weighted by Crippen LogP contribution is -2.42. The molecule has 3 aromatic rings. The summed E-state index contributed by atoms with van der Waals surface area (Å²) in [4.78, 5) is 11.5. The monoisotopic (exact) mass is 440 g/mol. The number of anilines is 1. The van der Waals surface area contributed by atoms with Gasteiger partial charge in [-0.1, -0.05) is 12.1 Å². The Morgan fingerprint density at radius 1 is 1.00 bits per heavy atom. The molecule has 0 atom stereocenters. The van der Waals surface area contributed by atoms with Crippen molar-refractivity contribution in [2.24, 2.45) is 17.3 Å². The standard InChI is InChI=1S/C26H28N6O/c27-16-26(14-25(15-26)5-6-25)21-2-1-19-11-30-32(22(19)9-21)24-10-23(28-17-29-24)31-7-3-18(4-8-31)20-12-33-13-20/h1-2,9-11,17-18,20H,3-8,12-15H2. The van der Waals surface area contributed by atoms with Gasteiger partial charge in [0, 0.05) is 30.5 Å². The lowest BCUT2D eigenvalue weighted by molar-refractivity contribution is -0.0650. The summed E-state index contributed by atoms with van der Waals surface area (Å²) in [6.07, 6.45) is 10.5. The Kier molecular flexibility index (Phi) is 4.14. The molecule has 2 aliphatic carbocycles. The van der Waals surface area contributed by atoms with Gasteiger partial charge in [-0.3, -0.25) is 0 Å². The number of hydrogen-bond donors (Lipinski definition) is 0. The molecule has 1 aromatic carbocycles. The van der Waals surface area contributed by atoms with Gasteiger partial charge in [0.15, 0.2) is 5.82 Å². The van der Waals surface area contributed by atoms with Crippen LogP contribution in [0.2, 0.25) is 0 Å². The van der Waals surface area contributed by atoms with Crippen LogP contribution in [0.1, 0.15) is 44.1 Å². The Labute approximate surface area is 193 Å². The lowest BCUT2D eigenvalue weighted by atomic mass is 9.57. The first-order chi connectivity index (χ1) is 16.2. The normalized spacial score (nSPS) is 23.8. The summed E-state index contributed by atoms with van der Waals surface area (Å²) >= 11 is 0. The molecule has 7 rings (SSSR count). The molecule has 168 valence electrons. The zero-order valence-corrected chi connectivity index (χ0v) is 18.8. The number of hydrogen-bond acceptors (Lipinski definition) is 6. The topological polar surface area (TPSA) is 79.9 Å². The van der Waals surface area contributed by atoms with Gasteiger partial charge in [0.25, 0.3) is 0 Å². The second kappa shape index (κ2) is 7.01. The van der Waals surface area contributed by atoms with Crippen molar-refractivity contribution < 1.29 is 4.74 Å². The maximum absolute atomic E-state index is 10.0. The van der Waals surface area contributed by atoms with E-state index >= 15 is 0 Å². The van der Waals surface area contributed by atoms with E-state index in [0.717, 1.165) is 79.1 Å². The van der Waals surface area contributed by atoms with Crippen molar-refractivity contribution in [2.75, 3.05) is 31.2 Å². The number of ether oxygens (including phenoxy) is 1. The maximum Gasteiger partial charge on any atom is 0.159 e. The van der Waals surface area contributed by atoms with Gasteiger partial charge in [-0.05, 0) is 61.5 Å². The molecular weight excluding hydrogens is 412 g/mol. The van der Waals surface area contributed by atoms with Crippen LogP contribution in [-0.2, 0) is 10.2 Å². The molecule has 33 heavy (non-hydrogen) atoms. The Hall–Kier alpha value is -2.98. The Morgan fingerprint density at radius 3 is 2.48 bits per heavy atom. The summed E-state index contributed by atoms with van der Waals surface area (Å²) in [7, 11) is 0. The van der Waals surface area contributed by atoms with Gasteiger partial charge >= 0.3 is 0 Å². The van der Waals surface area contributed by atoms with Gasteiger partial charge in [0.05, 0.1) is 36.4 Å². The van der Waals surface area contributed by atoms with Gasteiger partial charge in [0.1, 0.15) is 12.1 Å². The molecule has 0 bridgehead atoms. The summed E-state index contributed by atoms with van der Waals surface area (Å²) in [5.41, 5.74) is 2.25. The summed E-state index contributed by atoms with van der Waals surface area (Å²) < 4.78 is 7.29. The average Bonchev–Trinajstić information content (AvgIpc) is 3.48. The highest BCUT2D eigenvalue weighted by Crippen LogP contribution is 2.68. The van der Waals surface area contributed by atoms with Crippen molar-refractivity contribution >= 4 is 16.7 Å². The van der Waals surface area contributed by atoms with Crippen LogP contribution < -0.4 is 4.90 Å². The third-order valence-electron chi connectivity index (χ3n) is 8.70. The highest BCUT2D eigenvalue weighted by Gasteiger charge is 2.61. The Bertz CT molecular complexity index is 1250. The van der Waals surface area contributed by atoms with E-state index in [4.69, 9.17) is 4.74 Å². The van der Waals surface area contributed by atoms with Crippen LogP contribution in [-0.4, -0.2) is 46.1 Å². The second-order valence-corrected chi connectivity index (χ2v) is 10.7. The molecule has 2 aliphatic heterocycles. The van der Waals surface area contributed by atoms with Crippen LogP contribution in [0.15, 0.2) is 36.8 Å². The van der Waals surface area contributed by atoms with Crippen molar-refractivity contribution in [1.29, 1.82) is 5.26 Å². The van der Waals surface area contributed by atoms with Gasteiger partial charge in [-0.2, -0.15) is 10.4 Å². The van der Waals surface area contributed by atoms with E-state index < -0.39 is 0 Å². The van der Waals surface area contributed by atoms with Crippen molar-refractivity contribution in [1.82, 2.24) is 19.7 Å². The maximum atomic E-state index is 10.0. The molecule has 0 N–H and O–H groups in total. The highest BCUT2D eigenvalue weighted by molar-refractivity contribution is 5.81. The van der Waals surface area contributed by atoms with Gasteiger partial charge in [0.2, 0.25) is 0 Å². The number of rotatable bonds is 4. The Morgan fingerprint density at radius 2 is 1.79 bits per heavy atom. The van der Waals surface area contributed by atoms with Crippen LogP contribution in [0, 0.1) is 28.6 Å². The number of nitrogens with zero attached hydrogens (tertiary/aromatic N) is 6. The van der Waals surface area contributed by atoms with Gasteiger partial charge in [-0.25, -0.2) is 14.6 Å². The number of nitriles is 1. The fourth-order valence-corrected chi connectivity index (χ4v) is 6.36. The Balaban J connectivity index is 1.17. The van der Waals surface area contributed by atoms with Crippen molar-refractivity contribution in [3.63, 3.8) is 0 Å². The molecule has 0 amide bonds. The minimum absolute atomic E-state index is 0.341. The lowest BCUT2D eigenvalue weighted by Gasteiger charge is -2.44. The molecule has 4 aliphatic rings. The van der Waals surface area contributed by atoms with Crippen LogP contribution in [0.3, 0.4) is 0 Å². The quantitative estimate of drug-likeness (QED) is 0.610. The fraction of sp³-hybridized carbons (Fsp3) is 0.538. The first kappa shape index (κ1) is 19.5. The predicted octanol–water partition coefficient (Wildman–Crippen LogP) is 4.01. The van der Waals surface area contributed by atoms with Crippen LogP contribution >= 0.6 is 0 Å². The molecule has 4 fully saturated rings. The molecule has 2 saturated carbocycles. The van der Waals surface area contributed by atoms with Crippen molar-refractivity contribution in [3.05, 3.63) is 42.4 Å². The number of benzene rings is 1. The third kappa shape index (κ3) is 3.07. The van der Waals surface area contributed by atoms with E-state index in [2.05, 4.69) is 50.3 Å². The number of piperidine rings is 1. The van der Waals surface area contributed by atoms with Crippen LogP contribution in [0.25, 0.3) is 16.7 Å². The van der Waals surface area contributed by atoms with E-state index in [9.17, 15) is 5.26 Å². The first-order valence-electron chi connectivity index (χ1n) is 12.2. The van der Waals surface area contributed by atoms with Crippen molar-refractivity contribution in [2.45, 2.75) is 43.9 Å². The van der Waals surface area contributed by atoms with E-state index in [0.29, 0.717) is 5.41 Å². The molecular formula is C26H28N6O. The van der Waals surface area contributed by atoms with Crippen LogP contribution in [0.4, 0.5) is 5.82 Å². The first-order valence-corrected chi connectivity index (χ1v) is 12.2. The molecule has 4 heterocycles. The molecule has 7 heteroatoms. The van der Waals surface area contributed by atoms with E-state index in [1.54, 1.807) is 6.33 Å². The smallest absolute Gasteiger partial charge is 0.159 e. The second-order valence-electron chi connectivity index (χ2n) is 10.7. The largest absolute Gasteiger partial charge is 0.381 e. The molecule has 0 radical (unpaired) electrons. The van der Waals surface area contributed by atoms with E-state index in [1.165, 1.54) is 25.7 Å². The van der Waals surface area contributed by atoms with Crippen LogP contribution in [0.5, 0.6) is 0 Å². The minimum atomic E-state index is -0.341. The summed E-state index contributed by atoms with van der Waals surface area (Å²) in [5.74, 6) is 3.27. The molecule has 7 nitrogen and oxygen atoms in total. The number of fused-ring (bicyclic) bond motifs is 1. The fourth-order valence-electron chi connectivity index (χ4n) is 6.36. The minimum Gasteiger partial charge on any atom is -0.381 e. The zero-order valence-electron chi connectivity index (χ0n) is 18.8. The van der Waals surface area contributed by atoms with Crippen molar-refractivity contribution in [3.8, 4) is 11.9 Å². The highest BCUT2D eigenvalue weighted by atomic mass is 16.5. The third-order valence-corrected chi connectivity index (χ3v) is 8.70. The van der Waals surface area contributed by atoms with Gasteiger partial charge < -0.3 is 9.64 Å². The molecule has 2 saturated heterocycles. The SMILES string of the molecule is N#CC1(c2ccc3cnn(-c4cc(N5CCC(C6COC6)CC5)ncn4)c3c2)CC2(CC2)C1. The number of aromatic nitrogens is 4.